The Bertz CT molecular complexity index is 557. The van der Waals surface area contributed by atoms with E-state index in [0.717, 1.165) is 5.56 Å². The van der Waals surface area contributed by atoms with Crippen LogP contribution in [0.5, 0.6) is 0 Å². The molecular weight excluding hydrogens is 298 g/mol. The van der Waals surface area contributed by atoms with Crippen molar-refractivity contribution in [2.75, 3.05) is 13.7 Å². The summed E-state index contributed by atoms with van der Waals surface area (Å²) >= 11 is 0. The molecule has 0 spiro atoms. The predicted octanol–water partition coefficient (Wildman–Crippen LogP) is 2.07. The number of methoxy groups -OCH3 is 1. The van der Waals surface area contributed by atoms with Gasteiger partial charge in [0.15, 0.2) is 6.61 Å². The third kappa shape index (κ3) is 7.44. The zero-order valence-corrected chi connectivity index (χ0v) is 14.0. The normalized spacial score (nSPS) is 10.8. The van der Waals surface area contributed by atoms with Crippen LogP contribution in [0.25, 0.3) is 0 Å². The molecule has 0 atom stereocenters. The van der Waals surface area contributed by atoms with Gasteiger partial charge in [0.2, 0.25) is 0 Å². The zero-order valence-electron chi connectivity index (χ0n) is 14.0. The number of hydrogen-bond acceptors (Lipinski definition) is 5. The minimum absolute atomic E-state index is 0.172. The molecule has 23 heavy (non-hydrogen) atoms. The second-order valence-corrected chi connectivity index (χ2v) is 6.36. The first-order valence-corrected chi connectivity index (χ1v) is 7.31. The third-order valence-electron chi connectivity index (χ3n) is 2.90. The molecule has 0 saturated carbocycles. The molecule has 1 aromatic carbocycles. The number of carbonyl (C=O) groups is 3. The average Bonchev–Trinajstić information content (AvgIpc) is 2.49. The van der Waals surface area contributed by atoms with Crippen molar-refractivity contribution in [3.05, 3.63) is 35.4 Å². The summed E-state index contributed by atoms with van der Waals surface area (Å²) in [7, 11) is 1.32. The number of ether oxygens (including phenoxy) is 2. The lowest BCUT2D eigenvalue weighted by Gasteiger charge is -2.16. The fraction of sp³-hybridized carbons (Fsp3) is 0.471. The Hall–Kier alpha value is -2.37. The summed E-state index contributed by atoms with van der Waals surface area (Å²) in [6.07, 6.45) is 0.259. The maximum absolute atomic E-state index is 11.6. The average molecular weight is 321 g/mol. The molecule has 1 aromatic rings. The second-order valence-electron chi connectivity index (χ2n) is 6.36. The topological polar surface area (TPSA) is 81.7 Å². The molecular formula is C17H23NO5. The van der Waals surface area contributed by atoms with Crippen molar-refractivity contribution in [2.45, 2.75) is 33.7 Å². The van der Waals surface area contributed by atoms with Crippen molar-refractivity contribution in [1.82, 2.24) is 5.32 Å². The molecule has 0 bridgehead atoms. The first-order chi connectivity index (χ1) is 10.7. The quantitative estimate of drug-likeness (QED) is 0.811. The lowest BCUT2D eigenvalue weighted by Crippen LogP contribution is -2.29. The van der Waals surface area contributed by atoms with Gasteiger partial charge in [-0.2, -0.15) is 0 Å². The molecule has 0 aromatic heterocycles. The molecule has 6 heteroatoms. The fourth-order valence-corrected chi connectivity index (χ4v) is 1.76. The van der Waals surface area contributed by atoms with E-state index in [1.54, 1.807) is 24.3 Å². The van der Waals surface area contributed by atoms with Gasteiger partial charge in [-0.1, -0.05) is 32.9 Å². The van der Waals surface area contributed by atoms with E-state index in [0.29, 0.717) is 5.56 Å². The van der Waals surface area contributed by atoms with E-state index in [2.05, 4.69) is 10.1 Å². The van der Waals surface area contributed by atoms with Crippen LogP contribution in [0.1, 0.15) is 43.1 Å². The van der Waals surface area contributed by atoms with Crippen LogP contribution in [0.2, 0.25) is 0 Å². The smallest absolute Gasteiger partial charge is 0.337 e. The first-order valence-electron chi connectivity index (χ1n) is 7.31. The number of amides is 1. The summed E-state index contributed by atoms with van der Waals surface area (Å²) in [6, 6.07) is 6.68. The minimum atomic E-state index is -0.411. The highest BCUT2D eigenvalue weighted by molar-refractivity contribution is 5.89. The Morgan fingerprint density at radius 2 is 1.70 bits per heavy atom. The van der Waals surface area contributed by atoms with E-state index < -0.39 is 11.9 Å². The van der Waals surface area contributed by atoms with Gasteiger partial charge in [-0.3, -0.25) is 9.59 Å². The van der Waals surface area contributed by atoms with Gasteiger partial charge in [-0.05, 0) is 23.1 Å². The largest absolute Gasteiger partial charge is 0.465 e. The summed E-state index contributed by atoms with van der Waals surface area (Å²) in [6.45, 7) is 5.76. The first kappa shape index (κ1) is 18.7. The predicted molar refractivity (Wildman–Crippen MR) is 84.7 cm³/mol. The number of hydrogen-bond donors (Lipinski definition) is 1. The number of rotatable bonds is 6. The van der Waals surface area contributed by atoms with Crippen molar-refractivity contribution >= 4 is 17.8 Å². The molecule has 0 unspecified atom stereocenters. The van der Waals surface area contributed by atoms with Gasteiger partial charge in [-0.15, -0.1) is 0 Å². The SMILES string of the molecule is COC(=O)c1ccc(CNC(=O)COC(=O)CC(C)(C)C)cc1. The minimum Gasteiger partial charge on any atom is -0.465 e. The highest BCUT2D eigenvalue weighted by Crippen LogP contribution is 2.18. The lowest BCUT2D eigenvalue weighted by atomic mass is 9.93. The molecule has 0 aliphatic heterocycles. The Labute approximate surface area is 136 Å². The molecule has 0 aliphatic rings. The van der Waals surface area contributed by atoms with Crippen LogP contribution >= 0.6 is 0 Å². The maximum Gasteiger partial charge on any atom is 0.337 e. The van der Waals surface area contributed by atoms with Gasteiger partial charge in [0.05, 0.1) is 19.1 Å². The Balaban J connectivity index is 2.36. The van der Waals surface area contributed by atoms with Gasteiger partial charge in [0, 0.05) is 6.54 Å². The van der Waals surface area contributed by atoms with E-state index in [1.165, 1.54) is 7.11 Å². The standard InChI is InChI=1S/C17H23NO5/c1-17(2,3)9-15(20)23-11-14(19)18-10-12-5-7-13(8-6-12)16(21)22-4/h5-8H,9-11H2,1-4H3,(H,18,19). The summed E-state index contributed by atoms with van der Waals surface area (Å²) in [5.41, 5.74) is 1.10. The molecule has 0 saturated heterocycles. The van der Waals surface area contributed by atoms with Crippen LogP contribution in [0.3, 0.4) is 0 Å². The molecule has 1 amide bonds. The third-order valence-corrected chi connectivity index (χ3v) is 2.90. The van der Waals surface area contributed by atoms with E-state index in [9.17, 15) is 14.4 Å². The molecule has 126 valence electrons. The monoisotopic (exact) mass is 321 g/mol. The van der Waals surface area contributed by atoms with Crippen molar-refractivity contribution in [3.8, 4) is 0 Å². The van der Waals surface area contributed by atoms with E-state index in [1.807, 2.05) is 20.8 Å². The number of carbonyl (C=O) groups excluding carboxylic acids is 3. The molecule has 6 nitrogen and oxygen atoms in total. The maximum atomic E-state index is 11.6. The summed E-state index contributed by atoms with van der Waals surface area (Å²) in [4.78, 5) is 34.5. The van der Waals surface area contributed by atoms with Gasteiger partial charge >= 0.3 is 11.9 Å². The highest BCUT2D eigenvalue weighted by atomic mass is 16.5. The molecule has 0 heterocycles. The Morgan fingerprint density at radius 3 is 2.22 bits per heavy atom. The highest BCUT2D eigenvalue weighted by Gasteiger charge is 2.17. The second kappa shape index (κ2) is 8.31. The van der Waals surface area contributed by atoms with Gasteiger partial charge < -0.3 is 14.8 Å². The molecule has 0 aliphatic carbocycles. The van der Waals surface area contributed by atoms with Crippen molar-refractivity contribution in [3.63, 3.8) is 0 Å². The molecule has 1 N–H and O–H groups in total. The van der Waals surface area contributed by atoms with Gasteiger partial charge in [0.25, 0.3) is 5.91 Å². The van der Waals surface area contributed by atoms with Crippen molar-refractivity contribution < 1.29 is 23.9 Å². The van der Waals surface area contributed by atoms with Crippen LogP contribution in [0.15, 0.2) is 24.3 Å². The number of benzene rings is 1. The summed E-state index contributed by atoms with van der Waals surface area (Å²) in [5, 5.41) is 2.65. The van der Waals surface area contributed by atoms with E-state index >= 15 is 0 Å². The summed E-state index contributed by atoms with van der Waals surface area (Å²) in [5.74, 6) is -1.18. The molecule has 0 fully saturated rings. The van der Waals surface area contributed by atoms with Gasteiger partial charge in [0.1, 0.15) is 0 Å². The van der Waals surface area contributed by atoms with E-state index in [4.69, 9.17) is 4.74 Å². The van der Waals surface area contributed by atoms with Crippen LogP contribution < -0.4 is 5.32 Å². The van der Waals surface area contributed by atoms with Gasteiger partial charge in [-0.25, -0.2) is 4.79 Å². The van der Waals surface area contributed by atoms with Crippen molar-refractivity contribution in [2.24, 2.45) is 5.41 Å². The lowest BCUT2D eigenvalue weighted by molar-refractivity contribution is -0.150. The Morgan fingerprint density at radius 1 is 1.09 bits per heavy atom. The number of nitrogens with one attached hydrogen (secondary N) is 1. The number of esters is 2. The van der Waals surface area contributed by atoms with Crippen LogP contribution in [-0.4, -0.2) is 31.6 Å². The van der Waals surface area contributed by atoms with E-state index in [-0.39, 0.29) is 30.9 Å². The van der Waals surface area contributed by atoms with Crippen LogP contribution in [-0.2, 0) is 25.6 Å². The Kier molecular flexibility index (Phi) is 6.75. The van der Waals surface area contributed by atoms with Crippen LogP contribution in [0, 0.1) is 5.41 Å². The molecule has 0 radical (unpaired) electrons. The summed E-state index contributed by atoms with van der Waals surface area (Å²) < 4.78 is 9.53. The molecule has 1 rings (SSSR count). The fourth-order valence-electron chi connectivity index (χ4n) is 1.76. The van der Waals surface area contributed by atoms with Crippen molar-refractivity contribution in [1.29, 1.82) is 0 Å². The zero-order chi connectivity index (χ0) is 17.5. The van der Waals surface area contributed by atoms with Crippen LogP contribution in [0.4, 0.5) is 0 Å².